The standard InChI is InChI=1S/C16H23ClFN5O2/c1-16(2,3)25-15(24)21-12-6-4-5-11(7-12)20-14-22-13(17)10(8-19)9-23(14)18/h9,11-12,14,20H,4-7H2,1-3H3,(H,21,24)/t11-,12+,14?/m1/s1. The zero-order chi connectivity index (χ0) is 18.6. The first-order valence-corrected chi connectivity index (χ1v) is 8.61. The van der Waals surface area contributed by atoms with Crippen LogP contribution < -0.4 is 10.6 Å². The number of ether oxygens (including phenoxy) is 1. The molecule has 2 rings (SSSR count). The predicted octanol–water partition coefficient (Wildman–Crippen LogP) is 2.94. The molecule has 1 aliphatic heterocycles. The van der Waals surface area contributed by atoms with E-state index in [0.29, 0.717) is 11.5 Å². The number of hydrogen-bond donors (Lipinski definition) is 2. The van der Waals surface area contributed by atoms with Gasteiger partial charge in [0.2, 0.25) is 6.29 Å². The second-order valence-electron chi connectivity index (χ2n) is 7.17. The van der Waals surface area contributed by atoms with Crippen LogP contribution in [-0.2, 0) is 4.74 Å². The van der Waals surface area contributed by atoms with E-state index >= 15 is 0 Å². The van der Waals surface area contributed by atoms with E-state index < -0.39 is 18.0 Å². The predicted molar refractivity (Wildman–Crippen MR) is 92.3 cm³/mol. The van der Waals surface area contributed by atoms with Gasteiger partial charge in [-0.2, -0.15) is 10.4 Å². The molecule has 2 aliphatic rings. The monoisotopic (exact) mass is 371 g/mol. The number of hydrogen-bond acceptors (Lipinski definition) is 6. The van der Waals surface area contributed by atoms with E-state index in [1.54, 1.807) is 6.07 Å². The molecule has 1 unspecified atom stereocenters. The molecule has 3 atom stereocenters. The Hall–Kier alpha value is -1.85. The molecule has 0 spiro atoms. The van der Waals surface area contributed by atoms with Gasteiger partial charge in [-0.3, -0.25) is 5.32 Å². The molecule has 1 aliphatic carbocycles. The molecule has 25 heavy (non-hydrogen) atoms. The highest BCUT2D eigenvalue weighted by Gasteiger charge is 2.30. The van der Waals surface area contributed by atoms with Crippen LogP contribution >= 0.6 is 11.6 Å². The summed E-state index contributed by atoms with van der Waals surface area (Å²) in [5.74, 6) is 0. The molecule has 9 heteroatoms. The van der Waals surface area contributed by atoms with Crippen molar-refractivity contribution in [3.05, 3.63) is 11.8 Å². The normalized spacial score (nSPS) is 27.0. The fourth-order valence-electron chi connectivity index (χ4n) is 2.82. The Morgan fingerprint density at radius 2 is 2.16 bits per heavy atom. The number of amides is 1. The quantitative estimate of drug-likeness (QED) is 0.744. The second kappa shape index (κ2) is 8.02. The Kier molecular flexibility index (Phi) is 6.25. The molecular formula is C16H23ClFN5O2. The number of alkyl carbamates (subject to hydrolysis) is 1. The van der Waals surface area contributed by atoms with Crippen molar-refractivity contribution in [2.75, 3.05) is 0 Å². The summed E-state index contributed by atoms with van der Waals surface area (Å²) in [5.41, 5.74) is -0.570. The number of halogens is 2. The van der Waals surface area contributed by atoms with E-state index in [2.05, 4.69) is 15.6 Å². The fourth-order valence-corrected chi connectivity index (χ4v) is 3.00. The number of carbonyl (C=O) groups excluding carboxylic acids is 1. The highest BCUT2D eigenvalue weighted by Crippen LogP contribution is 2.22. The van der Waals surface area contributed by atoms with Crippen molar-refractivity contribution >= 4 is 22.9 Å². The summed E-state index contributed by atoms with van der Waals surface area (Å²) in [6.45, 7) is 5.42. The van der Waals surface area contributed by atoms with Crippen LogP contribution in [0.3, 0.4) is 0 Å². The topological polar surface area (TPSA) is 89.7 Å². The summed E-state index contributed by atoms with van der Waals surface area (Å²) in [6, 6.07) is 1.69. The lowest BCUT2D eigenvalue weighted by molar-refractivity contribution is 0.0117. The van der Waals surface area contributed by atoms with Crippen LogP contribution in [0.5, 0.6) is 0 Å². The summed E-state index contributed by atoms with van der Waals surface area (Å²) < 4.78 is 19.3. The molecule has 0 bridgehead atoms. The van der Waals surface area contributed by atoms with E-state index in [0.717, 1.165) is 25.5 Å². The van der Waals surface area contributed by atoms with Crippen LogP contribution in [0.4, 0.5) is 9.28 Å². The Bertz CT molecular complexity index is 611. The van der Waals surface area contributed by atoms with Crippen LogP contribution in [-0.4, -0.2) is 40.4 Å². The highest BCUT2D eigenvalue weighted by molar-refractivity contribution is 6.70. The number of nitrogens with one attached hydrogen (secondary N) is 2. The SMILES string of the molecule is CC(C)(C)OC(=O)N[C@H]1CCC[C@@H](NC2N=C(Cl)C(C#N)=CN2F)C1. The van der Waals surface area contributed by atoms with Gasteiger partial charge in [0.05, 0.1) is 6.20 Å². The van der Waals surface area contributed by atoms with Crippen LogP contribution in [0, 0.1) is 11.3 Å². The number of allylic oxidation sites excluding steroid dienone is 1. The minimum absolute atomic E-state index is 0.0182. The van der Waals surface area contributed by atoms with Gasteiger partial charge in [-0.1, -0.05) is 16.1 Å². The largest absolute Gasteiger partial charge is 0.444 e. The smallest absolute Gasteiger partial charge is 0.407 e. The van der Waals surface area contributed by atoms with E-state index in [9.17, 15) is 9.28 Å². The highest BCUT2D eigenvalue weighted by atomic mass is 35.5. The lowest BCUT2D eigenvalue weighted by Crippen LogP contribution is -2.50. The molecule has 0 aromatic heterocycles. The van der Waals surface area contributed by atoms with Gasteiger partial charge in [-0.05, 0) is 46.5 Å². The van der Waals surface area contributed by atoms with Crippen LogP contribution in [0.2, 0.25) is 0 Å². The van der Waals surface area contributed by atoms with E-state index in [1.807, 2.05) is 20.8 Å². The maximum absolute atomic E-state index is 14.0. The van der Waals surface area contributed by atoms with E-state index in [4.69, 9.17) is 21.6 Å². The van der Waals surface area contributed by atoms with Gasteiger partial charge in [-0.25, -0.2) is 9.79 Å². The fraction of sp³-hybridized carbons (Fsp3) is 0.688. The lowest BCUT2D eigenvalue weighted by Gasteiger charge is -2.34. The molecule has 0 aromatic carbocycles. The van der Waals surface area contributed by atoms with Crippen molar-refractivity contribution in [2.45, 2.75) is 70.4 Å². The van der Waals surface area contributed by atoms with Gasteiger partial charge in [0.1, 0.15) is 22.4 Å². The van der Waals surface area contributed by atoms with Crippen molar-refractivity contribution in [2.24, 2.45) is 4.99 Å². The second-order valence-corrected chi connectivity index (χ2v) is 7.52. The Morgan fingerprint density at radius 3 is 2.80 bits per heavy atom. The molecule has 2 N–H and O–H groups in total. The molecule has 1 fully saturated rings. The van der Waals surface area contributed by atoms with E-state index in [1.165, 1.54) is 0 Å². The van der Waals surface area contributed by atoms with Crippen LogP contribution in [0.25, 0.3) is 0 Å². The molecule has 0 aromatic rings. The molecule has 7 nitrogen and oxygen atoms in total. The van der Waals surface area contributed by atoms with Crippen LogP contribution in [0.1, 0.15) is 46.5 Å². The number of nitriles is 1. The van der Waals surface area contributed by atoms with Gasteiger partial charge in [0.25, 0.3) is 0 Å². The Labute approximate surface area is 151 Å². The first-order valence-electron chi connectivity index (χ1n) is 8.23. The van der Waals surface area contributed by atoms with Gasteiger partial charge >= 0.3 is 6.09 Å². The van der Waals surface area contributed by atoms with Crippen molar-refractivity contribution in [1.29, 1.82) is 5.26 Å². The Morgan fingerprint density at radius 1 is 1.48 bits per heavy atom. The molecule has 138 valence electrons. The van der Waals surface area contributed by atoms with Crippen LogP contribution in [0.15, 0.2) is 16.8 Å². The zero-order valence-electron chi connectivity index (χ0n) is 14.6. The zero-order valence-corrected chi connectivity index (χ0v) is 15.3. The molecule has 0 saturated heterocycles. The lowest BCUT2D eigenvalue weighted by atomic mass is 9.91. The van der Waals surface area contributed by atoms with Crippen molar-refractivity contribution < 1.29 is 14.0 Å². The third kappa shape index (κ3) is 5.87. The van der Waals surface area contributed by atoms with Crippen molar-refractivity contribution in [3.63, 3.8) is 0 Å². The van der Waals surface area contributed by atoms with Gasteiger partial charge in [0.15, 0.2) is 0 Å². The molecule has 1 heterocycles. The molecule has 1 amide bonds. The molecule has 1 saturated carbocycles. The first kappa shape index (κ1) is 19.5. The Balaban J connectivity index is 1.89. The average Bonchev–Trinajstić information content (AvgIpc) is 2.49. The summed E-state index contributed by atoms with van der Waals surface area (Å²) in [7, 11) is 0. The number of carbonyl (C=O) groups is 1. The number of aliphatic imine (C=N–C) groups is 1. The summed E-state index contributed by atoms with van der Waals surface area (Å²) >= 11 is 5.87. The minimum atomic E-state index is -0.977. The van der Waals surface area contributed by atoms with Crippen molar-refractivity contribution in [1.82, 2.24) is 15.8 Å². The first-order chi connectivity index (χ1) is 11.7. The summed E-state index contributed by atoms with van der Waals surface area (Å²) in [6.07, 6.45) is 2.77. The third-order valence-electron chi connectivity index (χ3n) is 3.84. The third-order valence-corrected chi connectivity index (χ3v) is 4.15. The summed E-state index contributed by atoms with van der Waals surface area (Å²) in [5, 5.41) is 15.1. The van der Waals surface area contributed by atoms with Gasteiger partial charge in [0, 0.05) is 12.1 Å². The van der Waals surface area contributed by atoms with E-state index in [-0.39, 0.29) is 22.8 Å². The van der Waals surface area contributed by atoms with Gasteiger partial charge in [-0.15, -0.1) is 0 Å². The summed E-state index contributed by atoms with van der Waals surface area (Å²) in [4.78, 5) is 15.9. The van der Waals surface area contributed by atoms with Gasteiger partial charge < -0.3 is 10.1 Å². The maximum atomic E-state index is 14.0. The maximum Gasteiger partial charge on any atom is 0.407 e. The molecular weight excluding hydrogens is 349 g/mol. The van der Waals surface area contributed by atoms with Crippen molar-refractivity contribution in [3.8, 4) is 6.07 Å². The average molecular weight is 372 g/mol. The number of rotatable bonds is 3. The number of nitrogens with zero attached hydrogens (tertiary/aromatic N) is 3. The minimum Gasteiger partial charge on any atom is -0.444 e. The molecule has 0 radical (unpaired) electrons.